The molecule has 1 rings (SSSR count). The van der Waals surface area contributed by atoms with Crippen LogP contribution in [0.15, 0.2) is 29.2 Å². The Hall–Kier alpha value is 0.0600. The van der Waals surface area contributed by atoms with Gasteiger partial charge in [-0.15, -0.1) is 12.6 Å². The lowest BCUT2D eigenvalue weighted by Crippen LogP contribution is -1.90. The monoisotopic (exact) mass is 340 g/mol. The highest BCUT2D eigenvalue weighted by Crippen LogP contribution is 2.15. The molecule has 0 fully saturated rings. The number of hydrogen-bond acceptors (Lipinski definition) is 3. The molecule has 1 aromatic carbocycles. The molecule has 0 unspecified atom stereocenters. The second-order valence-corrected chi connectivity index (χ2v) is 4.21. The van der Waals surface area contributed by atoms with Crippen molar-refractivity contribution >= 4 is 35.2 Å². The normalized spacial score (nSPS) is 9.07. The first-order chi connectivity index (χ1) is 7.24. The molecule has 0 N–H and O–H groups in total. The lowest BCUT2D eigenvalue weighted by atomic mass is 10.3. The summed E-state index contributed by atoms with van der Waals surface area (Å²) in [5, 5.41) is 0. The minimum Gasteiger partial charge on any atom is -0.494 e. The van der Waals surface area contributed by atoms with Gasteiger partial charge in [0, 0.05) is 16.4 Å². The van der Waals surface area contributed by atoms with Crippen LogP contribution in [0.4, 0.5) is 0 Å². The maximum atomic E-state index is 5.24. The third kappa shape index (κ3) is 9.02. The molecule has 0 atom stereocenters. The highest BCUT2D eigenvalue weighted by atomic mass is 127. The van der Waals surface area contributed by atoms with Crippen molar-refractivity contribution in [3.05, 3.63) is 24.3 Å². The van der Waals surface area contributed by atoms with E-state index in [2.05, 4.69) is 40.0 Å². The van der Waals surface area contributed by atoms with Crippen molar-refractivity contribution in [3.63, 3.8) is 0 Å². The third-order valence-corrected chi connectivity index (χ3v) is 2.13. The van der Waals surface area contributed by atoms with Crippen LogP contribution in [0.3, 0.4) is 0 Å². The molecular weight excluding hydrogens is 323 g/mol. The lowest BCUT2D eigenvalue weighted by molar-refractivity contribution is 0.220. The second kappa shape index (κ2) is 10.6. The Morgan fingerprint density at radius 2 is 2.13 bits per heavy atom. The van der Waals surface area contributed by atoms with E-state index in [1.165, 1.54) is 0 Å². The van der Waals surface area contributed by atoms with Gasteiger partial charge in [-0.3, -0.25) is 0 Å². The van der Waals surface area contributed by atoms with Crippen molar-refractivity contribution < 1.29 is 9.47 Å². The number of alkyl halides is 1. The molecule has 15 heavy (non-hydrogen) atoms. The summed E-state index contributed by atoms with van der Waals surface area (Å²) >= 11 is 6.43. The van der Waals surface area contributed by atoms with Gasteiger partial charge in [0.2, 0.25) is 0 Å². The van der Waals surface area contributed by atoms with E-state index in [1.54, 1.807) is 7.11 Å². The number of benzene rings is 1. The van der Waals surface area contributed by atoms with Crippen LogP contribution < -0.4 is 4.74 Å². The average molecular weight is 340 g/mol. The van der Waals surface area contributed by atoms with Gasteiger partial charge >= 0.3 is 0 Å². The number of halogens is 1. The maximum Gasteiger partial charge on any atom is 0.120 e. The summed E-state index contributed by atoms with van der Waals surface area (Å²) in [6.45, 7) is 3.54. The van der Waals surface area contributed by atoms with E-state index < -0.39 is 0 Å². The van der Waals surface area contributed by atoms with Crippen LogP contribution >= 0.6 is 35.2 Å². The smallest absolute Gasteiger partial charge is 0.120 e. The van der Waals surface area contributed by atoms with E-state index in [1.807, 2.05) is 31.2 Å². The second-order valence-electron chi connectivity index (χ2n) is 2.61. The van der Waals surface area contributed by atoms with E-state index >= 15 is 0 Å². The summed E-state index contributed by atoms with van der Waals surface area (Å²) in [4.78, 5) is 0.936. The number of hydrogen-bond donors (Lipinski definition) is 1. The summed E-state index contributed by atoms with van der Waals surface area (Å²) in [6.07, 6.45) is 0. The highest BCUT2D eigenvalue weighted by Gasteiger charge is 1.89. The Bertz CT molecular complexity index is 254. The van der Waals surface area contributed by atoms with Gasteiger partial charge < -0.3 is 9.47 Å². The molecule has 0 heterocycles. The van der Waals surface area contributed by atoms with Crippen LogP contribution in [0.5, 0.6) is 5.75 Å². The van der Waals surface area contributed by atoms with Crippen molar-refractivity contribution in [2.75, 3.05) is 24.8 Å². The Balaban J connectivity index is 0.000000336. The predicted octanol–water partition coefficient (Wildman–Crippen LogP) is 3.44. The van der Waals surface area contributed by atoms with Crippen molar-refractivity contribution in [1.29, 1.82) is 0 Å². The van der Waals surface area contributed by atoms with Gasteiger partial charge in [0.1, 0.15) is 5.75 Å². The molecule has 0 aromatic heterocycles. The van der Waals surface area contributed by atoms with Crippen molar-refractivity contribution in [3.8, 4) is 5.75 Å². The van der Waals surface area contributed by atoms with Crippen LogP contribution in [-0.2, 0) is 4.74 Å². The first-order valence-electron chi connectivity index (χ1n) is 4.71. The molecule has 0 aliphatic rings. The number of methoxy groups -OCH3 is 1. The van der Waals surface area contributed by atoms with Gasteiger partial charge in [0.15, 0.2) is 0 Å². The fourth-order valence-corrected chi connectivity index (χ4v) is 1.47. The van der Waals surface area contributed by atoms with E-state index in [0.29, 0.717) is 6.61 Å². The maximum absolute atomic E-state index is 5.24. The summed E-state index contributed by atoms with van der Waals surface area (Å²) in [6, 6.07) is 7.66. The molecule has 0 saturated heterocycles. The van der Waals surface area contributed by atoms with Gasteiger partial charge in [-0.1, -0.05) is 28.7 Å². The molecule has 0 radical (unpaired) electrons. The van der Waals surface area contributed by atoms with Crippen molar-refractivity contribution in [1.82, 2.24) is 0 Å². The van der Waals surface area contributed by atoms with Crippen LogP contribution in [0.2, 0.25) is 0 Å². The van der Waals surface area contributed by atoms with Gasteiger partial charge in [-0.05, 0) is 25.1 Å². The van der Waals surface area contributed by atoms with Gasteiger partial charge in [-0.25, -0.2) is 0 Å². The van der Waals surface area contributed by atoms with Gasteiger partial charge in [-0.2, -0.15) is 0 Å². The Morgan fingerprint density at radius 3 is 2.53 bits per heavy atom. The Kier molecular flexibility index (Phi) is 10.6. The van der Waals surface area contributed by atoms with E-state index in [9.17, 15) is 0 Å². The molecule has 86 valence electrons. The predicted molar refractivity (Wildman–Crippen MR) is 75.6 cm³/mol. The largest absolute Gasteiger partial charge is 0.494 e. The zero-order chi connectivity index (χ0) is 11.5. The summed E-state index contributed by atoms with van der Waals surface area (Å²) in [5.74, 6) is 0.884. The molecule has 0 aliphatic heterocycles. The van der Waals surface area contributed by atoms with Crippen molar-refractivity contribution in [2.45, 2.75) is 11.8 Å². The topological polar surface area (TPSA) is 18.5 Å². The molecule has 0 aliphatic carbocycles. The van der Waals surface area contributed by atoms with Crippen LogP contribution in [0.25, 0.3) is 0 Å². The summed E-state index contributed by atoms with van der Waals surface area (Å²) in [5.41, 5.74) is 0. The van der Waals surface area contributed by atoms with Gasteiger partial charge in [0.25, 0.3) is 0 Å². The van der Waals surface area contributed by atoms with Gasteiger partial charge in [0.05, 0.1) is 13.2 Å². The summed E-state index contributed by atoms with van der Waals surface area (Å²) in [7, 11) is 1.71. The van der Waals surface area contributed by atoms with Crippen LogP contribution in [-0.4, -0.2) is 24.8 Å². The first kappa shape index (κ1) is 15.1. The molecular formula is C11H17IO2S. The van der Waals surface area contributed by atoms with Crippen LogP contribution in [0, 0.1) is 0 Å². The number of thiol groups is 1. The average Bonchev–Trinajstić information content (AvgIpc) is 2.20. The zero-order valence-electron chi connectivity index (χ0n) is 9.07. The molecule has 0 spiro atoms. The number of rotatable bonds is 4. The van der Waals surface area contributed by atoms with Crippen molar-refractivity contribution in [2.24, 2.45) is 0 Å². The third-order valence-electron chi connectivity index (χ3n) is 1.41. The molecule has 0 bridgehead atoms. The molecule has 4 heteroatoms. The molecule has 1 aromatic rings. The quantitative estimate of drug-likeness (QED) is 0.514. The first-order valence-corrected chi connectivity index (χ1v) is 6.68. The fraction of sp³-hybridized carbons (Fsp3) is 0.455. The minimum absolute atomic E-state index is 0.706. The van der Waals surface area contributed by atoms with E-state index in [-0.39, 0.29) is 0 Å². The summed E-state index contributed by atoms with van der Waals surface area (Å²) < 4.78 is 11.0. The standard InChI is InChI=1S/C8H10OS.C3H7IO/c1-2-9-7-4-3-5-8(10)6-7;1-5-3-2-4/h3-6,10H,2H2,1H3;2-3H2,1H3. The Labute approximate surface area is 111 Å². The minimum atomic E-state index is 0.706. The highest BCUT2D eigenvalue weighted by molar-refractivity contribution is 14.1. The van der Waals surface area contributed by atoms with E-state index in [0.717, 1.165) is 21.7 Å². The molecule has 0 saturated carbocycles. The van der Waals surface area contributed by atoms with E-state index in [4.69, 9.17) is 4.74 Å². The SMILES string of the molecule is CCOc1cccc(S)c1.COCCI. The Morgan fingerprint density at radius 1 is 1.40 bits per heavy atom. The number of ether oxygens (including phenoxy) is 2. The lowest BCUT2D eigenvalue weighted by Gasteiger charge is -2.01. The zero-order valence-corrected chi connectivity index (χ0v) is 12.1. The fourth-order valence-electron chi connectivity index (χ4n) is 0.817. The van der Waals surface area contributed by atoms with Crippen LogP contribution in [0.1, 0.15) is 6.92 Å². The molecule has 2 nitrogen and oxygen atoms in total. The molecule has 0 amide bonds.